The second kappa shape index (κ2) is 9.15. The van der Waals surface area contributed by atoms with E-state index in [2.05, 4.69) is 0 Å². The van der Waals surface area contributed by atoms with Gasteiger partial charge in [-0.05, 0) is 46.8 Å². The van der Waals surface area contributed by atoms with Crippen molar-refractivity contribution in [3.05, 3.63) is 39.9 Å². The number of fused-ring (bicyclic) bond motifs is 1. The number of carbonyl (C=O) groups is 4. The average Bonchev–Trinajstić information content (AvgIpc) is 2.92. The molecule has 14 heteroatoms. The second-order valence-corrected chi connectivity index (χ2v) is 12.6. The number of non-ortho nitro benzene ring substituents is 1. The van der Waals surface area contributed by atoms with Crippen LogP contribution in [0.5, 0.6) is 0 Å². The van der Waals surface area contributed by atoms with Gasteiger partial charge < -0.3 is 19.1 Å². The number of carbonyl (C=O) groups excluding carboxylic acids is 4. The van der Waals surface area contributed by atoms with Crippen LogP contribution in [0.2, 0.25) is 0 Å². The Kier molecular flexibility index (Phi) is 6.87. The summed E-state index contributed by atoms with van der Waals surface area (Å²) < 4.78 is 39.6. The van der Waals surface area contributed by atoms with Crippen LogP contribution >= 0.6 is 0 Å². The molecule has 2 fully saturated rings. The maximum atomic E-state index is 13.2. The highest BCUT2D eigenvalue weighted by Crippen LogP contribution is 2.49. The SMILES string of the molecule is CC(C)(C)C(=O)OCOC(=O)[C@@H]1N2C(=O)[C@H](COC(=O)c3ccc([N+](=O)[O-])cc3)[C@H]2S(=O)(=O)C1(C)C. The van der Waals surface area contributed by atoms with Crippen LogP contribution in [0, 0.1) is 21.4 Å². The van der Waals surface area contributed by atoms with Crippen molar-refractivity contribution in [3.63, 3.8) is 0 Å². The Hall–Kier alpha value is -3.55. The average molecular weight is 527 g/mol. The lowest BCUT2D eigenvalue weighted by Gasteiger charge is -2.42. The fraction of sp³-hybridized carbons (Fsp3) is 0.545. The summed E-state index contributed by atoms with van der Waals surface area (Å²) in [5, 5.41) is 9.32. The molecule has 196 valence electrons. The Morgan fingerprint density at radius 3 is 2.19 bits per heavy atom. The summed E-state index contributed by atoms with van der Waals surface area (Å²) in [6.07, 6.45) is 0. The van der Waals surface area contributed by atoms with Crippen molar-refractivity contribution in [1.29, 1.82) is 0 Å². The quantitative estimate of drug-likeness (QED) is 0.164. The zero-order valence-electron chi connectivity index (χ0n) is 20.2. The number of hydrogen-bond acceptors (Lipinski definition) is 11. The standard InChI is InChI=1S/C22H26N2O11S/c1-21(2,3)20(28)35-11-34-19(27)15-22(4,5)36(31,32)17-14(16(25)23(15)17)10-33-18(26)12-6-8-13(9-7-12)24(29)30/h6-9,14-15,17H,10-11H2,1-5H3/t14-,15-,17+/m0/s1. The molecule has 0 N–H and O–H groups in total. The highest BCUT2D eigenvalue weighted by molar-refractivity contribution is 7.93. The Balaban J connectivity index is 1.69. The van der Waals surface area contributed by atoms with Crippen molar-refractivity contribution in [1.82, 2.24) is 4.90 Å². The molecule has 0 aromatic heterocycles. The molecule has 3 rings (SSSR count). The third-order valence-corrected chi connectivity index (χ3v) is 8.99. The molecule has 2 heterocycles. The monoisotopic (exact) mass is 526 g/mol. The first-order valence-electron chi connectivity index (χ1n) is 10.8. The van der Waals surface area contributed by atoms with Crippen LogP contribution in [-0.4, -0.2) is 71.6 Å². The van der Waals surface area contributed by atoms with Crippen LogP contribution in [0.25, 0.3) is 0 Å². The zero-order valence-corrected chi connectivity index (χ0v) is 21.1. The number of nitro groups is 1. The lowest BCUT2D eigenvalue weighted by atomic mass is 9.92. The number of hydrogen-bond donors (Lipinski definition) is 0. The van der Waals surface area contributed by atoms with Gasteiger partial charge in [-0.15, -0.1) is 0 Å². The number of amides is 1. The van der Waals surface area contributed by atoms with E-state index in [-0.39, 0.29) is 11.3 Å². The maximum absolute atomic E-state index is 13.2. The van der Waals surface area contributed by atoms with Gasteiger partial charge in [-0.3, -0.25) is 19.7 Å². The Morgan fingerprint density at radius 1 is 1.08 bits per heavy atom. The smallest absolute Gasteiger partial charge is 0.338 e. The van der Waals surface area contributed by atoms with Crippen LogP contribution < -0.4 is 0 Å². The first-order chi connectivity index (χ1) is 16.5. The van der Waals surface area contributed by atoms with Crippen LogP contribution in [0.1, 0.15) is 45.0 Å². The van der Waals surface area contributed by atoms with Crippen LogP contribution in [-0.2, 0) is 38.4 Å². The maximum Gasteiger partial charge on any atom is 0.338 e. The van der Waals surface area contributed by atoms with E-state index >= 15 is 0 Å². The van der Waals surface area contributed by atoms with Crippen LogP contribution in [0.3, 0.4) is 0 Å². The highest BCUT2D eigenvalue weighted by Gasteiger charge is 2.72. The highest BCUT2D eigenvalue weighted by atomic mass is 32.2. The minimum Gasteiger partial charge on any atom is -0.461 e. The van der Waals surface area contributed by atoms with Crippen molar-refractivity contribution in [2.75, 3.05) is 13.4 Å². The number of ether oxygens (including phenoxy) is 3. The lowest BCUT2D eigenvalue weighted by molar-refractivity contribution is -0.384. The molecule has 1 amide bonds. The molecule has 3 atom stereocenters. The number of rotatable bonds is 7. The summed E-state index contributed by atoms with van der Waals surface area (Å²) in [4.78, 5) is 60.7. The van der Waals surface area contributed by atoms with Gasteiger partial charge in [-0.25, -0.2) is 18.0 Å². The molecule has 36 heavy (non-hydrogen) atoms. The Labute approximate surface area is 206 Å². The van der Waals surface area contributed by atoms with Gasteiger partial charge in [0.25, 0.3) is 5.69 Å². The van der Waals surface area contributed by atoms with E-state index in [9.17, 15) is 37.7 Å². The zero-order chi connectivity index (χ0) is 27.2. The van der Waals surface area contributed by atoms with Crippen molar-refractivity contribution < 1.29 is 46.7 Å². The lowest BCUT2D eigenvalue weighted by Crippen LogP contribution is -2.65. The molecule has 2 aliphatic heterocycles. The van der Waals surface area contributed by atoms with Gasteiger partial charge in [-0.1, -0.05) is 0 Å². The fourth-order valence-corrected chi connectivity index (χ4v) is 6.24. The van der Waals surface area contributed by atoms with E-state index in [1.807, 2.05) is 0 Å². The second-order valence-electron chi connectivity index (χ2n) is 9.96. The molecule has 2 saturated heterocycles. The first-order valence-corrected chi connectivity index (χ1v) is 12.4. The van der Waals surface area contributed by atoms with Crippen LogP contribution in [0.15, 0.2) is 24.3 Å². The number of sulfone groups is 1. The molecule has 2 aliphatic rings. The predicted octanol–water partition coefficient (Wildman–Crippen LogP) is 1.20. The van der Waals surface area contributed by atoms with Gasteiger partial charge in [0.15, 0.2) is 15.2 Å². The van der Waals surface area contributed by atoms with Crippen LogP contribution in [0.4, 0.5) is 5.69 Å². The van der Waals surface area contributed by atoms with E-state index in [1.165, 1.54) is 26.0 Å². The van der Waals surface area contributed by atoms with E-state index in [1.54, 1.807) is 20.8 Å². The summed E-state index contributed by atoms with van der Waals surface area (Å²) in [6, 6.07) is 3.05. The van der Waals surface area contributed by atoms with Crippen molar-refractivity contribution in [3.8, 4) is 0 Å². The summed E-state index contributed by atoms with van der Waals surface area (Å²) in [5.74, 6) is -4.56. The molecule has 1 aromatic rings. The number of benzene rings is 1. The van der Waals surface area contributed by atoms with E-state index in [4.69, 9.17) is 14.2 Å². The summed E-state index contributed by atoms with van der Waals surface area (Å²) >= 11 is 0. The molecular formula is C22H26N2O11S. The summed E-state index contributed by atoms with van der Waals surface area (Å²) in [6.45, 7) is 6.04. The van der Waals surface area contributed by atoms with E-state index < -0.39 is 79.5 Å². The molecule has 0 spiro atoms. The number of β-lactam (4-membered cyclic amide) rings is 1. The molecule has 0 bridgehead atoms. The van der Waals surface area contributed by atoms with Gasteiger partial charge in [0.1, 0.15) is 18.6 Å². The molecule has 0 unspecified atom stereocenters. The minimum absolute atomic E-state index is 0.0231. The minimum atomic E-state index is -4.10. The molecular weight excluding hydrogens is 500 g/mol. The topological polar surface area (TPSA) is 176 Å². The van der Waals surface area contributed by atoms with Gasteiger partial charge in [-0.2, -0.15) is 0 Å². The summed E-state index contributed by atoms with van der Waals surface area (Å²) in [7, 11) is -4.10. The summed E-state index contributed by atoms with van der Waals surface area (Å²) in [5.41, 5.74) is -1.10. The van der Waals surface area contributed by atoms with E-state index in [0.29, 0.717) is 0 Å². The first kappa shape index (κ1) is 27.0. The van der Waals surface area contributed by atoms with Gasteiger partial charge >= 0.3 is 17.9 Å². The molecule has 0 aliphatic carbocycles. The van der Waals surface area contributed by atoms with Crippen molar-refractivity contribution >= 4 is 39.3 Å². The largest absolute Gasteiger partial charge is 0.461 e. The Bertz CT molecular complexity index is 1220. The molecule has 13 nitrogen and oxygen atoms in total. The van der Waals surface area contributed by atoms with Gasteiger partial charge in [0, 0.05) is 12.1 Å². The predicted molar refractivity (Wildman–Crippen MR) is 121 cm³/mol. The third-order valence-electron chi connectivity index (χ3n) is 6.11. The third kappa shape index (κ3) is 4.52. The molecule has 0 radical (unpaired) electrons. The number of nitrogens with zero attached hydrogens (tertiary/aromatic N) is 2. The van der Waals surface area contributed by atoms with Crippen molar-refractivity contribution in [2.24, 2.45) is 11.3 Å². The normalized spacial score (nSPS) is 23.8. The fourth-order valence-electron chi connectivity index (χ4n) is 3.95. The van der Waals surface area contributed by atoms with Crippen molar-refractivity contribution in [2.45, 2.75) is 50.8 Å². The molecule has 0 saturated carbocycles. The van der Waals surface area contributed by atoms with E-state index in [0.717, 1.165) is 17.0 Å². The van der Waals surface area contributed by atoms with Gasteiger partial charge in [0.05, 0.1) is 20.6 Å². The van der Waals surface area contributed by atoms with Gasteiger partial charge in [0.2, 0.25) is 12.7 Å². The number of esters is 3. The molecule has 1 aromatic carbocycles. The Morgan fingerprint density at radius 2 is 1.67 bits per heavy atom. The number of nitro benzene ring substituents is 1.